The molecule has 1 aliphatic heterocycles. The smallest absolute Gasteiger partial charge is 0.309 e. The van der Waals surface area contributed by atoms with E-state index in [0.29, 0.717) is 17.9 Å². The summed E-state index contributed by atoms with van der Waals surface area (Å²) in [6.45, 7) is 5.80. The van der Waals surface area contributed by atoms with E-state index in [4.69, 9.17) is 20.4 Å². The Hall–Kier alpha value is -1.10. The Kier molecular flexibility index (Phi) is 7.15. The summed E-state index contributed by atoms with van der Waals surface area (Å²) in [5.41, 5.74) is 6.02. The monoisotopic (exact) mass is 299 g/mol. The molecule has 0 radical (unpaired) electrons. The van der Waals surface area contributed by atoms with Gasteiger partial charge in [-0.05, 0) is 50.9 Å². The molecular weight excluding hydrogens is 270 g/mol. The van der Waals surface area contributed by atoms with Crippen molar-refractivity contribution < 1.29 is 19.4 Å². The second-order valence-electron chi connectivity index (χ2n) is 6.08. The zero-order chi connectivity index (χ0) is 16.0. The number of fused-ring (bicyclic) bond motifs is 2. The third-order valence-corrected chi connectivity index (χ3v) is 5.04. The largest absolute Gasteiger partial charge is 0.483 e. The highest BCUT2D eigenvalue weighted by Crippen LogP contribution is 2.49. The van der Waals surface area contributed by atoms with E-state index < -0.39 is 0 Å². The number of carbonyl (C=O) groups excluding carboxylic acids is 1. The third-order valence-electron chi connectivity index (χ3n) is 5.04. The maximum atomic E-state index is 11.7. The number of carbonyl (C=O) groups is 2. The molecule has 0 aromatic rings. The fourth-order valence-electron chi connectivity index (χ4n) is 4.12. The van der Waals surface area contributed by atoms with Crippen molar-refractivity contribution in [1.29, 1.82) is 0 Å². The van der Waals surface area contributed by atoms with Crippen LogP contribution in [-0.4, -0.2) is 29.7 Å². The van der Waals surface area contributed by atoms with Gasteiger partial charge in [0.15, 0.2) is 0 Å². The maximum absolute atomic E-state index is 11.7. The van der Waals surface area contributed by atoms with E-state index in [9.17, 15) is 4.79 Å². The Morgan fingerprint density at radius 2 is 1.81 bits per heavy atom. The van der Waals surface area contributed by atoms with Crippen LogP contribution in [0.5, 0.6) is 0 Å². The molecule has 0 aromatic heterocycles. The molecule has 0 spiro atoms. The Labute approximate surface area is 127 Å². The summed E-state index contributed by atoms with van der Waals surface area (Å²) in [5, 5.41) is 6.89. The summed E-state index contributed by atoms with van der Waals surface area (Å²) in [7, 11) is 0. The Morgan fingerprint density at radius 1 is 1.19 bits per heavy atom. The van der Waals surface area contributed by atoms with Crippen molar-refractivity contribution in [2.75, 3.05) is 0 Å². The van der Waals surface area contributed by atoms with Crippen molar-refractivity contribution in [3.63, 3.8) is 0 Å². The van der Waals surface area contributed by atoms with Crippen molar-refractivity contribution in [3.8, 4) is 0 Å². The van der Waals surface area contributed by atoms with Crippen molar-refractivity contribution in [1.82, 2.24) is 0 Å². The number of rotatable bonds is 0. The van der Waals surface area contributed by atoms with Crippen LogP contribution in [0.2, 0.25) is 0 Å². The van der Waals surface area contributed by atoms with E-state index >= 15 is 0 Å². The number of cyclic esters (lactones) is 1. The van der Waals surface area contributed by atoms with Crippen LogP contribution in [0.1, 0.15) is 52.9 Å². The second-order valence-corrected chi connectivity index (χ2v) is 6.08. The summed E-state index contributed by atoms with van der Waals surface area (Å²) in [6, 6.07) is 0.368. The first-order valence-corrected chi connectivity index (χ1v) is 8.10. The minimum Gasteiger partial charge on any atom is -0.483 e. The lowest BCUT2D eigenvalue weighted by atomic mass is 9.62. The minimum atomic E-state index is -0.250. The van der Waals surface area contributed by atoms with Crippen LogP contribution in [0, 0.1) is 23.7 Å². The van der Waals surface area contributed by atoms with Crippen LogP contribution in [0.25, 0.3) is 0 Å². The normalized spacial score (nSPS) is 40.3. The topological polar surface area (TPSA) is 89.6 Å². The van der Waals surface area contributed by atoms with Gasteiger partial charge < -0.3 is 15.6 Å². The van der Waals surface area contributed by atoms with Crippen LogP contribution >= 0.6 is 0 Å². The van der Waals surface area contributed by atoms with E-state index in [1.165, 1.54) is 19.3 Å². The van der Waals surface area contributed by atoms with E-state index in [2.05, 4.69) is 6.92 Å². The van der Waals surface area contributed by atoms with Gasteiger partial charge in [-0.15, -0.1) is 0 Å². The Balaban J connectivity index is 0.000000395. The lowest BCUT2D eigenvalue weighted by Gasteiger charge is -2.42. The summed E-state index contributed by atoms with van der Waals surface area (Å²) >= 11 is 0. The maximum Gasteiger partial charge on any atom is 0.309 e. The molecular formula is C16H29NO4. The van der Waals surface area contributed by atoms with Gasteiger partial charge in [0.05, 0.1) is 5.92 Å². The van der Waals surface area contributed by atoms with Gasteiger partial charge in [0.25, 0.3) is 6.47 Å². The first kappa shape index (κ1) is 18.0. The van der Waals surface area contributed by atoms with Crippen LogP contribution < -0.4 is 5.73 Å². The predicted octanol–water partition coefficient (Wildman–Crippen LogP) is 2.43. The minimum absolute atomic E-state index is 0.0510. The number of hydrogen-bond acceptors (Lipinski definition) is 4. The molecule has 3 aliphatic rings. The van der Waals surface area contributed by atoms with Crippen molar-refractivity contribution in [2.24, 2.45) is 29.4 Å². The summed E-state index contributed by atoms with van der Waals surface area (Å²) < 4.78 is 5.37. The van der Waals surface area contributed by atoms with E-state index in [1.807, 2.05) is 13.8 Å². The molecule has 0 bridgehead atoms. The first-order chi connectivity index (χ1) is 10.1. The number of hydrogen-bond donors (Lipinski definition) is 2. The van der Waals surface area contributed by atoms with Gasteiger partial charge in [-0.3, -0.25) is 9.59 Å². The third kappa shape index (κ3) is 4.19. The number of carboxylic acid groups (broad SMARTS) is 1. The van der Waals surface area contributed by atoms with Gasteiger partial charge in [0.1, 0.15) is 6.10 Å². The van der Waals surface area contributed by atoms with Crippen LogP contribution in [0.3, 0.4) is 0 Å². The summed E-state index contributed by atoms with van der Waals surface area (Å²) in [4.78, 5) is 20.1. The van der Waals surface area contributed by atoms with Crippen LogP contribution in [0.15, 0.2) is 0 Å². The molecule has 3 fully saturated rings. The lowest BCUT2D eigenvalue weighted by molar-refractivity contribution is -0.144. The fraction of sp³-hybridized carbons (Fsp3) is 0.875. The highest BCUT2D eigenvalue weighted by Gasteiger charge is 2.49. The average Bonchev–Trinajstić information content (AvgIpc) is 2.74. The lowest BCUT2D eigenvalue weighted by Crippen LogP contribution is -2.41. The number of ether oxygens (including phenoxy) is 1. The van der Waals surface area contributed by atoms with Gasteiger partial charge in [-0.2, -0.15) is 0 Å². The molecule has 122 valence electrons. The highest BCUT2D eigenvalue weighted by molar-refractivity contribution is 5.75. The second kappa shape index (κ2) is 8.37. The van der Waals surface area contributed by atoms with Gasteiger partial charge in [-0.1, -0.05) is 13.8 Å². The highest BCUT2D eigenvalue weighted by atomic mass is 16.6. The molecule has 21 heavy (non-hydrogen) atoms. The summed E-state index contributed by atoms with van der Waals surface area (Å²) in [5.74, 6) is 2.21. The molecule has 5 heteroatoms. The van der Waals surface area contributed by atoms with Gasteiger partial charge in [0, 0.05) is 12.0 Å². The molecule has 3 N–H and O–H groups in total. The standard InChI is InChI=1S/C13H21NO2.C2H6.CH2O2/c1-7-11-5-8-2-3-10(14)4-9(8)6-12(11)13(15)16-7;1-2;2-1-3/h7-12H,2-6,14H2,1H3;1-2H3;1H,(H,2,3). The van der Waals surface area contributed by atoms with Crippen LogP contribution in [0.4, 0.5) is 0 Å². The zero-order valence-electron chi connectivity index (χ0n) is 13.3. The van der Waals surface area contributed by atoms with Crippen molar-refractivity contribution >= 4 is 12.4 Å². The Morgan fingerprint density at radius 3 is 2.43 bits per heavy atom. The molecule has 5 nitrogen and oxygen atoms in total. The molecule has 3 rings (SSSR count). The molecule has 1 saturated heterocycles. The number of esters is 1. The molecule has 2 saturated carbocycles. The first-order valence-electron chi connectivity index (χ1n) is 8.10. The molecule has 0 aromatic carbocycles. The van der Waals surface area contributed by atoms with Crippen LogP contribution in [-0.2, 0) is 14.3 Å². The van der Waals surface area contributed by atoms with Crippen molar-refractivity contribution in [3.05, 3.63) is 0 Å². The van der Waals surface area contributed by atoms with E-state index in [0.717, 1.165) is 18.8 Å². The number of nitrogens with two attached hydrogens (primary N) is 1. The summed E-state index contributed by atoms with van der Waals surface area (Å²) in [6.07, 6.45) is 5.92. The van der Waals surface area contributed by atoms with E-state index in [-0.39, 0.29) is 24.5 Å². The molecule has 1 heterocycles. The van der Waals surface area contributed by atoms with Gasteiger partial charge >= 0.3 is 5.97 Å². The average molecular weight is 299 g/mol. The molecule has 0 amide bonds. The van der Waals surface area contributed by atoms with Crippen molar-refractivity contribution in [2.45, 2.75) is 65.0 Å². The van der Waals surface area contributed by atoms with E-state index in [1.54, 1.807) is 0 Å². The quantitative estimate of drug-likeness (QED) is 0.529. The molecule has 6 atom stereocenters. The predicted molar refractivity (Wildman–Crippen MR) is 80.6 cm³/mol. The van der Waals surface area contributed by atoms with Gasteiger partial charge in [0.2, 0.25) is 0 Å². The SMILES string of the molecule is CC.CC1OC(=O)C2CC3CC(N)CCC3CC12.O=CO. The Bertz CT molecular complexity index is 347. The fourth-order valence-corrected chi connectivity index (χ4v) is 4.12. The molecule has 2 aliphatic carbocycles. The zero-order valence-corrected chi connectivity index (χ0v) is 13.3. The van der Waals surface area contributed by atoms with Gasteiger partial charge in [-0.25, -0.2) is 0 Å². The molecule has 6 unspecified atom stereocenters.